The molecule has 0 fully saturated rings. The van der Waals surface area contributed by atoms with Gasteiger partial charge in [0.2, 0.25) is 5.91 Å². The van der Waals surface area contributed by atoms with Crippen LogP contribution >= 0.6 is 0 Å². The highest BCUT2D eigenvalue weighted by Gasteiger charge is 2.15. The van der Waals surface area contributed by atoms with Crippen LogP contribution in [0.4, 0.5) is 5.69 Å². The summed E-state index contributed by atoms with van der Waals surface area (Å²) in [5.74, 6) is -0.888. The maximum Gasteiger partial charge on any atom is 0.339 e. The summed E-state index contributed by atoms with van der Waals surface area (Å²) in [5.41, 5.74) is 2.70. The molecule has 2 aromatic carbocycles. The van der Waals surface area contributed by atoms with Crippen molar-refractivity contribution >= 4 is 28.6 Å². The molecule has 0 atom stereocenters. The number of anilines is 1. The van der Waals surface area contributed by atoms with Gasteiger partial charge in [0.15, 0.2) is 5.65 Å². The average Bonchev–Trinajstić information content (AvgIpc) is 3.24. The predicted octanol–water partition coefficient (Wildman–Crippen LogP) is 2.71. The fraction of sp³-hybridized carbons (Fsp3) is 0.174. The Morgan fingerprint density at radius 2 is 1.84 bits per heavy atom. The van der Waals surface area contributed by atoms with Gasteiger partial charge in [-0.1, -0.05) is 29.8 Å². The van der Waals surface area contributed by atoms with Crippen LogP contribution in [0.3, 0.4) is 0 Å². The number of carbonyl (C=O) groups is 2. The van der Waals surface area contributed by atoms with E-state index in [0.29, 0.717) is 16.7 Å². The molecule has 1 amide bonds. The first-order chi connectivity index (χ1) is 15.5. The normalized spacial score (nSPS) is 10.8. The quantitative estimate of drug-likeness (QED) is 0.470. The van der Waals surface area contributed by atoms with Gasteiger partial charge in [-0.05, 0) is 31.2 Å². The number of amides is 1. The van der Waals surface area contributed by atoms with E-state index >= 15 is 0 Å². The lowest BCUT2D eigenvalue weighted by atomic mass is 10.1. The van der Waals surface area contributed by atoms with Gasteiger partial charge in [-0.3, -0.25) is 14.2 Å². The second-order valence-corrected chi connectivity index (χ2v) is 7.21. The largest absolute Gasteiger partial charge is 0.465 e. The Labute approximate surface area is 183 Å². The minimum absolute atomic E-state index is 0.0225. The fourth-order valence-corrected chi connectivity index (χ4v) is 3.30. The number of aromatic nitrogens is 4. The number of hydrogen-bond donors (Lipinski definition) is 1. The molecule has 0 spiro atoms. The molecular weight excluding hydrogens is 410 g/mol. The standard InChI is InChI=1S/C23H21N5O4/c1-15-7-9-16(10-8-15)28-21-18(13-25-28)22(30)27(14-24-21)12-11-20(29)26-19-6-4-3-5-17(19)23(31)32-2/h3-10,13-14H,11-12H2,1-2H3,(H,26,29). The Balaban J connectivity index is 1.50. The highest BCUT2D eigenvalue weighted by Crippen LogP contribution is 2.17. The van der Waals surface area contributed by atoms with E-state index in [4.69, 9.17) is 4.74 Å². The zero-order chi connectivity index (χ0) is 22.7. The molecule has 0 saturated carbocycles. The van der Waals surface area contributed by atoms with Crippen molar-refractivity contribution in [2.45, 2.75) is 19.9 Å². The number of nitrogens with zero attached hydrogens (tertiary/aromatic N) is 4. The molecule has 2 aromatic heterocycles. The van der Waals surface area contributed by atoms with Crippen LogP contribution in [0.1, 0.15) is 22.3 Å². The smallest absolute Gasteiger partial charge is 0.339 e. The van der Waals surface area contributed by atoms with E-state index in [1.807, 2.05) is 31.2 Å². The molecule has 0 aliphatic rings. The van der Waals surface area contributed by atoms with Crippen molar-refractivity contribution in [2.75, 3.05) is 12.4 Å². The summed E-state index contributed by atoms with van der Waals surface area (Å²) in [6.07, 6.45) is 2.91. The molecular formula is C23H21N5O4. The summed E-state index contributed by atoms with van der Waals surface area (Å²) in [6.45, 7) is 2.12. The van der Waals surface area contributed by atoms with E-state index in [9.17, 15) is 14.4 Å². The lowest BCUT2D eigenvalue weighted by Gasteiger charge is -2.10. The van der Waals surface area contributed by atoms with Gasteiger partial charge >= 0.3 is 5.97 Å². The molecule has 162 valence electrons. The Hall–Kier alpha value is -4.27. The molecule has 2 heterocycles. The molecule has 1 N–H and O–H groups in total. The summed E-state index contributed by atoms with van der Waals surface area (Å²) in [5, 5.41) is 7.36. The van der Waals surface area contributed by atoms with Crippen molar-refractivity contribution in [1.82, 2.24) is 19.3 Å². The Bertz CT molecular complexity index is 1360. The van der Waals surface area contributed by atoms with Gasteiger partial charge in [0.05, 0.1) is 36.6 Å². The summed E-state index contributed by atoms with van der Waals surface area (Å²) in [7, 11) is 1.28. The molecule has 32 heavy (non-hydrogen) atoms. The molecule has 0 aliphatic carbocycles. The van der Waals surface area contributed by atoms with Gasteiger partial charge in [0.1, 0.15) is 5.39 Å². The maximum absolute atomic E-state index is 12.9. The molecule has 0 aliphatic heterocycles. The number of rotatable bonds is 6. The highest BCUT2D eigenvalue weighted by atomic mass is 16.5. The molecule has 4 rings (SSSR count). The number of hydrogen-bond acceptors (Lipinski definition) is 6. The first-order valence-electron chi connectivity index (χ1n) is 9.95. The predicted molar refractivity (Wildman–Crippen MR) is 119 cm³/mol. The highest BCUT2D eigenvalue weighted by molar-refractivity contribution is 6.01. The van der Waals surface area contributed by atoms with Crippen molar-refractivity contribution < 1.29 is 14.3 Å². The third-order valence-corrected chi connectivity index (χ3v) is 5.02. The van der Waals surface area contributed by atoms with Crippen molar-refractivity contribution in [3.05, 3.63) is 82.5 Å². The number of esters is 1. The van der Waals surface area contributed by atoms with Crippen LogP contribution in [-0.2, 0) is 16.1 Å². The van der Waals surface area contributed by atoms with Crippen LogP contribution in [0, 0.1) is 6.92 Å². The minimum atomic E-state index is -0.544. The molecule has 9 heteroatoms. The van der Waals surface area contributed by atoms with E-state index in [1.54, 1.807) is 28.9 Å². The van der Waals surface area contributed by atoms with E-state index in [0.717, 1.165) is 11.3 Å². The van der Waals surface area contributed by atoms with E-state index in [1.165, 1.54) is 24.2 Å². The summed E-state index contributed by atoms with van der Waals surface area (Å²) >= 11 is 0. The first kappa shape index (κ1) is 21.0. The van der Waals surface area contributed by atoms with Gasteiger partial charge in [0, 0.05) is 13.0 Å². The first-order valence-corrected chi connectivity index (χ1v) is 9.95. The van der Waals surface area contributed by atoms with Crippen molar-refractivity contribution in [3.8, 4) is 5.69 Å². The summed E-state index contributed by atoms with van der Waals surface area (Å²) in [4.78, 5) is 41.5. The van der Waals surface area contributed by atoms with Crippen LogP contribution in [0.2, 0.25) is 0 Å². The Morgan fingerprint density at radius 1 is 1.09 bits per heavy atom. The Morgan fingerprint density at radius 3 is 2.59 bits per heavy atom. The average molecular weight is 431 g/mol. The van der Waals surface area contributed by atoms with Crippen molar-refractivity contribution in [1.29, 1.82) is 0 Å². The number of ether oxygens (including phenoxy) is 1. The molecule has 9 nitrogen and oxygen atoms in total. The zero-order valence-corrected chi connectivity index (χ0v) is 17.6. The topological polar surface area (TPSA) is 108 Å². The number of nitrogens with one attached hydrogen (secondary N) is 1. The SMILES string of the molecule is COC(=O)c1ccccc1NC(=O)CCn1cnc2c(cnn2-c2ccc(C)cc2)c1=O. The van der Waals surface area contributed by atoms with E-state index in [-0.39, 0.29) is 30.0 Å². The second kappa shape index (κ2) is 8.84. The van der Waals surface area contributed by atoms with Crippen LogP contribution in [0.15, 0.2) is 65.8 Å². The van der Waals surface area contributed by atoms with Crippen molar-refractivity contribution in [2.24, 2.45) is 0 Å². The van der Waals surface area contributed by atoms with Gasteiger partial charge in [0.25, 0.3) is 5.56 Å². The molecule has 0 unspecified atom stereocenters. The van der Waals surface area contributed by atoms with Crippen LogP contribution in [0.5, 0.6) is 0 Å². The molecule has 0 saturated heterocycles. The number of carbonyl (C=O) groups excluding carboxylic acids is 2. The number of benzene rings is 2. The maximum atomic E-state index is 12.9. The van der Waals surface area contributed by atoms with Crippen LogP contribution in [-0.4, -0.2) is 38.3 Å². The minimum Gasteiger partial charge on any atom is -0.465 e. The third kappa shape index (κ3) is 4.13. The number of methoxy groups -OCH3 is 1. The number of aryl methyl sites for hydroxylation is 2. The van der Waals surface area contributed by atoms with Gasteiger partial charge in [-0.15, -0.1) is 0 Å². The summed E-state index contributed by atoms with van der Waals surface area (Å²) < 4.78 is 7.71. The number of para-hydroxylation sites is 1. The molecule has 0 radical (unpaired) electrons. The van der Waals surface area contributed by atoms with Crippen LogP contribution < -0.4 is 10.9 Å². The van der Waals surface area contributed by atoms with E-state index < -0.39 is 5.97 Å². The summed E-state index contributed by atoms with van der Waals surface area (Å²) in [6, 6.07) is 14.3. The lowest BCUT2D eigenvalue weighted by Crippen LogP contribution is -2.24. The van der Waals surface area contributed by atoms with Crippen molar-refractivity contribution in [3.63, 3.8) is 0 Å². The van der Waals surface area contributed by atoms with Gasteiger partial charge < -0.3 is 10.1 Å². The molecule has 0 bridgehead atoms. The zero-order valence-electron chi connectivity index (χ0n) is 17.6. The monoisotopic (exact) mass is 431 g/mol. The lowest BCUT2D eigenvalue weighted by molar-refractivity contribution is -0.116. The number of fused-ring (bicyclic) bond motifs is 1. The van der Waals surface area contributed by atoms with Crippen LogP contribution in [0.25, 0.3) is 16.7 Å². The van der Waals surface area contributed by atoms with E-state index in [2.05, 4.69) is 15.4 Å². The van der Waals surface area contributed by atoms with Gasteiger partial charge in [-0.25, -0.2) is 14.5 Å². The second-order valence-electron chi connectivity index (χ2n) is 7.21. The Kier molecular flexibility index (Phi) is 5.80. The molecule has 4 aromatic rings. The fourth-order valence-electron chi connectivity index (χ4n) is 3.30. The third-order valence-electron chi connectivity index (χ3n) is 5.02. The van der Waals surface area contributed by atoms with Gasteiger partial charge in [-0.2, -0.15) is 5.10 Å².